The molecule has 31 heavy (non-hydrogen) atoms. The number of anilines is 2. The van der Waals surface area contributed by atoms with Gasteiger partial charge in [0.1, 0.15) is 22.4 Å². The molecule has 2 N–H and O–H groups in total. The lowest BCUT2D eigenvalue weighted by Gasteiger charge is -2.27. The van der Waals surface area contributed by atoms with Crippen LogP contribution < -0.4 is 10.2 Å². The van der Waals surface area contributed by atoms with Crippen molar-refractivity contribution in [1.82, 2.24) is 0 Å². The molecule has 0 spiro atoms. The van der Waals surface area contributed by atoms with Crippen molar-refractivity contribution in [3.63, 3.8) is 0 Å². The normalized spacial score (nSPS) is 16.6. The molecular weight excluding hydrogens is 412 g/mol. The summed E-state index contributed by atoms with van der Waals surface area (Å²) in [6, 6.07) is 21.7. The van der Waals surface area contributed by atoms with Gasteiger partial charge in [-0.2, -0.15) is 0 Å². The number of hydrogen-bond donors (Lipinski definition) is 2. The number of carbonyl (C=O) groups excluding carboxylic acids is 1. The van der Waals surface area contributed by atoms with E-state index in [9.17, 15) is 18.3 Å². The van der Waals surface area contributed by atoms with E-state index in [0.29, 0.717) is 16.9 Å². The van der Waals surface area contributed by atoms with Crippen molar-refractivity contribution in [3.8, 4) is 5.75 Å². The van der Waals surface area contributed by atoms with Gasteiger partial charge in [0, 0.05) is 17.6 Å². The second-order valence-electron chi connectivity index (χ2n) is 7.51. The maximum atomic E-state index is 13.6. The quantitative estimate of drug-likeness (QED) is 0.630. The number of nitrogens with one attached hydrogen (secondary N) is 1. The predicted octanol–water partition coefficient (Wildman–Crippen LogP) is 4.16. The van der Waals surface area contributed by atoms with Gasteiger partial charge in [-0.05, 0) is 48.9 Å². The first-order chi connectivity index (χ1) is 14.8. The fourth-order valence-corrected chi connectivity index (χ4v) is 4.85. The van der Waals surface area contributed by atoms with Crippen LogP contribution in [0.3, 0.4) is 0 Å². The highest BCUT2D eigenvalue weighted by Gasteiger charge is 2.45. The highest BCUT2D eigenvalue weighted by atomic mass is 32.2. The molecule has 6 nitrogen and oxygen atoms in total. The molecule has 0 saturated heterocycles. The maximum absolute atomic E-state index is 13.6. The monoisotopic (exact) mass is 434 g/mol. The number of aromatic hydroxyl groups is 1. The van der Waals surface area contributed by atoms with Gasteiger partial charge in [-0.1, -0.05) is 48.0 Å². The van der Waals surface area contributed by atoms with Crippen LogP contribution in [0.25, 0.3) is 0 Å². The molecule has 1 heterocycles. The summed E-state index contributed by atoms with van der Waals surface area (Å²) in [5, 5.41) is 12.7. The zero-order chi connectivity index (χ0) is 22.2. The summed E-state index contributed by atoms with van der Waals surface area (Å²) in [7, 11) is -3.75. The third kappa shape index (κ3) is 4.04. The van der Waals surface area contributed by atoms with Gasteiger partial charge in [0.25, 0.3) is 5.91 Å². The molecular formula is C24H22N2O4S. The van der Waals surface area contributed by atoms with Crippen LogP contribution in [0.2, 0.25) is 0 Å². The van der Waals surface area contributed by atoms with Crippen molar-refractivity contribution in [1.29, 1.82) is 0 Å². The van der Waals surface area contributed by atoms with Gasteiger partial charge in [-0.25, -0.2) is 8.42 Å². The summed E-state index contributed by atoms with van der Waals surface area (Å²) < 4.78 is 25.9. The van der Waals surface area contributed by atoms with E-state index in [2.05, 4.69) is 5.32 Å². The van der Waals surface area contributed by atoms with E-state index >= 15 is 0 Å². The molecule has 1 aliphatic rings. The van der Waals surface area contributed by atoms with Gasteiger partial charge < -0.3 is 10.4 Å². The summed E-state index contributed by atoms with van der Waals surface area (Å²) >= 11 is 0. The van der Waals surface area contributed by atoms with Crippen molar-refractivity contribution in [3.05, 3.63) is 101 Å². The Balaban J connectivity index is 1.91. The summed E-state index contributed by atoms with van der Waals surface area (Å²) in [5.74, 6) is -0.401. The Labute approximate surface area is 181 Å². The minimum absolute atomic E-state index is 0.0114. The summed E-state index contributed by atoms with van der Waals surface area (Å²) in [6.45, 7) is 1.95. The van der Waals surface area contributed by atoms with Gasteiger partial charge in [-0.15, -0.1) is 0 Å². The largest absolute Gasteiger partial charge is 0.508 e. The lowest BCUT2D eigenvalue weighted by molar-refractivity contribution is -0.114. The fraction of sp³-hybridized carbons (Fsp3) is 0.125. The number of aryl methyl sites for hydroxylation is 1. The van der Waals surface area contributed by atoms with Crippen LogP contribution >= 0.6 is 0 Å². The molecule has 7 heteroatoms. The number of nitrogens with zero attached hydrogens (tertiary/aromatic N) is 1. The summed E-state index contributed by atoms with van der Waals surface area (Å²) in [4.78, 5) is 15.0. The number of benzene rings is 3. The minimum atomic E-state index is -3.75. The first-order valence-corrected chi connectivity index (χ1v) is 11.6. The molecule has 1 unspecified atom stereocenters. The van der Waals surface area contributed by atoms with Crippen molar-refractivity contribution in [2.75, 3.05) is 16.5 Å². The molecule has 4 rings (SSSR count). The number of carbonyl (C=O) groups is 1. The third-order valence-electron chi connectivity index (χ3n) is 5.15. The summed E-state index contributed by atoms with van der Waals surface area (Å²) in [5.41, 5.74) is 2.85. The van der Waals surface area contributed by atoms with E-state index in [1.807, 2.05) is 25.1 Å². The highest BCUT2D eigenvalue weighted by molar-refractivity contribution is 7.94. The topological polar surface area (TPSA) is 86.7 Å². The van der Waals surface area contributed by atoms with Crippen LogP contribution in [0.1, 0.15) is 17.2 Å². The molecule has 0 aliphatic carbocycles. The van der Waals surface area contributed by atoms with E-state index in [1.165, 1.54) is 17.0 Å². The maximum Gasteiger partial charge on any atom is 0.276 e. The zero-order valence-electron chi connectivity index (χ0n) is 17.1. The second-order valence-corrected chi connectivity index (χ2v) is 9.49. The zero-order valence-corrected chi connectivity index (χ0v) is 17.9. The second kappa shape index (κ2) is 7.92. The standard InChI is InChI=1S/C24H22N2O4S/c1-16-8-10-18(11-9-16)25-21-23(31(2,29)30)22(17-6-4-3-5-7-17)26(24(21)28)19-12-14-20(27)15-13-19/h3-15,22,25,27H,1-2H3. The lowest BCUT2D eigenvalue weighted by atomic mass is 10.1. The molecule has 0 aromatic heterocycles. The van der Waals surface area contributed by atoms with Gasteiger partial charge in [0.05, 0.1) is 0 Å². The lowest BCUT2D eigenvalue weighted by Crippen LogP contribution is -2.31. The Morgan fingerprint density at radius 2 is 1.52 bits per heavy atom. The van der Waals surface area contributed by atoms with Gasteiger partial charge in [-0.3, -0.25) is 9.69 Å². The Morgan fingerprint density at radius 1 is 0.903 bits per heavy atom. The average molecular weight is 435 g/mol. The molecule has 1 aliphatic heterocycles. The Kier molecular flexibility index (Phi) is 5.29. The first-order valence-electron chi connectivity index (χ1n) is 9.71. The van der Waals surface area contributed by atoms with Crippen LogP contribution in [0.15, 0.2) is 89.5 Å². The molecule has 0 fully saturated rings. The number of rotatable bonds is 5. The minimum Gasteiger partial charge on any atom is -0.508 e. The summed E-state index contributed by atoms with van der Waals surface area (Å²) in [6.07, 6.45) is 1.11. The molecule has 0 bridgehead atoms. The Hall–Kier alpha value is -3.58. The van der Waals surface area contributed by atoms with Crippen LogP contribution in [0.5, 0.6) is 5.75 Å². The molecule has 1 amide bonds. The molecule has 3 aromatic rings. The number of hydrogen-bond acceptors (Lipinski definition) is 5. The number of phenols is 1. The van der Waals surface area contributed by atoms with Crippen molar-refractivity contribution in [2.45, 2.75) is 13.0 Å². The van der Waals surface area contributed by atoms with Crippen LogP contribution in [0.4, 0.5) is 11.4 Å². The molecule has 1 atom stereocenters. The van der Waals surface area contributed by atoms with E-state index in [-0.39, 0.29) is 16.4 Å². The number of phenolic OH excluding ortho intramolecular Hbond substituents is 1. The van der Waals surface area contributed by atoms with E-state index in [0.717, 1.165) is 11.8 Å². The fourth-order valence-electron chi connectivity index (χ4n) is 3.70. The smallest absolute Gasteiger partial charge is 0.276 e. The molecule has 0 radical (unpaired) electrons. The SMILES string of the molecule is Cc1ccc(NC2=C(S(C)(=O)=O)C(c3ccccc3)N(c3ccc(O)cc3)C2=O)cc1. The number of amides is 1. The van der Waals surface area contributed by atoms with Crippen molar-refractivity contribution < 1.29 is 18.3 Å². The Morgan fingerprint density at radius 3 is 2.10 bits per heavy atom. The first kappa shape index (κ1) is 20.7. The highest BCUT2D eigenvalue weighted by Crippen LogP contribution is 2.43. The third-order valence-corrected chi connectivity index (χ3v) is 6.38. The van der Waals surface area contributed by atoms with Gasteiger partial charge >= 0.3 is 0 Å². The van der Waals surface area contributed by atoms with Crippen molar-refractivity contribution in [2.24, 2.45) is 0 Å². The predicted molar refractivity (Wildman–Crippen MR) is 121 cm³/mol. The Bertz CT molecular complexity index is 1250. The van der Waals surface area contributed by atoms with Crippen LogP contribution in [0, 0.1) is 6.92 Å². The van der Waals surface area contributed by atoms with Crippen LogP contribution in [-0.2, 0) is 14.6 Å². The van der Waals surface area contributed by atoms with Gasteiger partial charge in [0.15, 0.2) is 9.84 Å². The van der Waals surface area contributed by atoms with E-state index in [1.54, 1.807) is 48.5 Å². The van der Waals surface area contributed by atoms with E-state index < -0.39 is 21.8 Å². The average Bonchev–Trinajstić information content (AvgIpc) is 3.03. The van der Waals surface area contributed by atoms with Crippen LogP contribution in [-0.4, -0.2) is 25.7 Å². The molecule has 3 aromatic carbocycles. The molecule has 158 valence electrons. The van der Waals surface area contributed by atoms with Crippen molar-refractivity contribution >= 4 is 27.1 Å². The molecule has 0 saturated carbocycles. The number of sulfone groups is 1. The van der Waals surface area contributed by atoms with E-state index in [4.69, 9.17) is 0 Å². The van der Waals surface area contributed by atoms with Gasteiger partial charge in [0.2, 0.25) is 0 Å².